The molecule has 0 fully saturated rings. The van der Waals surface area contributed by atoms with Gasteiger partial charge in [0.1, 0.15) is 0 Å². The van der Waals surface area contributed by atoms with Gasteiger partial charge in [-0.25, -0.2) is 0 Å². The maximum absolute atomic E-state index is 12.5. The molecule has 0 aliphatic carbocycles. The number of alkyl halides is 6. The van der Waals surface area contributed by atoms with Gasteiger partial charge in [0, 0.05) is 11.3 Å². The molecular formula is C14H9F6N. The minimum absolute atomic E-state index is 0.149. The average Bonchev–Trinajstić information content (AvgIpc) is 2.36. The van der Waals surface area contributed by atoms with Gasteiger partial charge in [0.05, 0.1) is 11.1 Å². The molecule has 0 radical (unpaired) electrons. The van der Waals surface area contributed by atoms with Crippen LogP contribution in [0, 0.1) is 0 Å². The predicted molar refractivity (Wildman–Crippen MR) is 66.3 cm³/mol. The van der Waals surface area contributed by atoms with Crippen molar-refractivity contribution in [2.24, 2.45) is 0 Å². The third kappa shape index (κ3) is 3.29. The van der Waals surface area contributed by atoms with Crippen LogP contribution in [0.4, 0.5) is 32.0 Å². The molecule has 0 saturated heterocycles. The maximum Gasteiger partial charge on any atom is 0.416 e. The van der Waals surface area contributed by atoms with E-state index in [0.717, 1.165) is 30.3 Å². The monoisotopic (exact) mass is 305 g/mol. The molecule has 7 heteroatoms. The summed E-state index contributed by atoms with van der Waals surface area (Å²) in [6.45, 7) is 0. The Morgan fingerprint density at radius 3 is 1.57 bits per heavy atom. The molecule has 0 aliphatic heterocycles. The van der Waals surface area contributed by atoms with E-state index in [9.17, 15) is 26.3 Å². The van der Waals surface area contributed by atoms with E-state index < -0.39 is 23.5 Å². The van der Waals surface area contributed by atoms with Gasteiger partial charge in [-0.2, -0.15) is 26.3 Å². The number of hydrogen-bond acceptors (Lipinski definition) is 1. The summed E-state index contributed by atoms with van der Waals surface area (Å²) >= 11 is 0. The van der Waals surface area contributed by atoms with E-state index in [1.54, 1.807) is 0 Å². The number of rotatable bonds is 1. The van der Waals surface area contributed by atoms with Crippen LogP contribution < -0.4 is 5.73 Å². The van der Waals surface area contributed by atoms with Gasteiger partial charge >= 0.3 is 12.4 Å². The average molecular weight is 305 g/mol. The summed E-state index contributed by atoms with van der Waals surface area (Å²) in [5, 5.41) is 0. The number of anilines is 1. The van der Waals surface area contributed by atoms with Gasteiger partial charge in [-0.05, 0) is 29.8 Å². The molecule has 0 bridgehead atoms. The molecule has 112 valence electrons. The van der Waals surface area contributed by atoms with Gasteiger partial charge < -0.3 is 5.73 Å². The third-order valence-corrected chi connectivity index (χ3v) is 2.90. The Morgan fingerprint density at radius 2 is 1.14 bits per heavy atom. The Hall–Kier alpha value is -2.18. The normalized spacial score (nSPS) is 12.5. The molecule has 0 aromatic heterocycles. The zero-order valence-corrected chi connectivity index (χ0v) is 10.4. The molecule has 1 nitrogen and oxygen atoms in total. The highest BCUT2D eigenvalue weighted by atomic mass is 19.4. The Balaban J connectivity index is 2.39. The fraction of sp³-hybridized carbons (Fsp3) is 0.143. The molecular weight excluding hydrogens is 296 g/mol. The first-order valence-corrected chi connectivity index (χ1v) is 5.73. The lowest BCUT2D eigenvalue weighted by Gasteiger charge is -2.12. The number of nitrogen functional groups attached to an aromatic ring is 1. The lowest BCUT2D eigenvalue weighted by Crippen LogP contribution is -2.06. The molecule has 0 atom stereocenters. The maximum atomic E-state index is 12.5. The molecule has 0 heterocycles. The van der Waals surface area contributed by atoms with E-state index in [-0.39, 0.29) is 11.3 Å². The second-order valence-electron chi connectivity index (χ2n) is 4.37. The van der Waals surface area contributed by atoms with Crippen LogP contribution in [0.1, 0.15) is 11.1 Å². The smallest absolute Gasteiger partial charge is 0.398 e. The first-order chi connectivity index (χ1) is 9.59. The van der Waals surface area contributed by atoms with Crippen molar-refractivity contribution in [3.8, 4) is 11.1 Å². The SMILES string of the molecule is Nc1cc(C(F)(F)F)ccc1-c1ccc(C(F)(F)F)cc1. The van der Waals surface area contributed by atoms with Crippen LogP contribution >= 0.6 is 0 Å². The van der Waals surface area contributed by atoms with Crippen molar-refractivity contribution in [3.63, 3.8) is 0 Å². The number of benzene rings is 2. The van der Waals surface area contributed by atoms with Crippen LogP contribution in [0.5, 0.6) is 0 Å². The van der Waals surface area contributed by atoms with E-state index >= 15 is 0 Å². The van der Waals surface area contributed by atoms with Gasteiger partial charge in [-0.1, -0.05) is 18.2 Å². The predicted octanol–water partition coefficient (Wildman–Crippen LogP) is 4.97. The highest BCUT2D eigenvalue weighted by molar-refractivity contribution is 5.77. The van der Waals surface area contributed by atoms with E-state index in [2.05, 4.69) is 0 Å². The molecule has 2 rings (SSSR count). The van der Waals surface area contributed by atoms with Crippen molar-refractivity contribution < 1.29 is 26.3 Å². The number of nitrogens with two attached hydrogens (primary N) is 1. The number of hydrogen-bond donors (Lipinski definition) is 1. The molecule has 21 heavy (non-hydrogen) atoms. The number of halogens is 6. The van der Waals surface area contributed by atoms with E-state index in [1.807, 2.05) is 0 Å². The first kappa shape index (κ1) is 15.2. The summed E-state index contributed by atoms with van der Waals surface area (Å²) in [4.78, 5) is 0. The molecule has 0 saturated carbocycles. The Labute approximate surface area is 116 Å². The highest BCUT2D eigenvalue weighted by Crippen LogP contribution is 2.36. The summed E-state index contributed by atoms with van der Waals surface area (Å²) in [5.41, 5.74) is 4.22. The van der Waals surface area contributed by atoms with Crippen molar-refractivity contribution in [3.05, 3.63) is 53.6 Å². The first-order valence-electron chi connectivity index (χ1n) is 5.73. The van der Waals surface area contributed by atoms with Gasteiger partial charge in [-0.15, -0.1) is 0 Å². The van der Waals surface area contributed by atoms with Crippen molar-refractivity contribution >= 4 is 5.69 Å². The summed E-state index contributed by atoms with van der Waals surface area (Å²) < 4.78 is 74.8. The lowest BCUT2D eigenvalue weighted by molar-refractivity contribution is -0.138. The van der Waals surface area contributed by atoms with Crippen LogP contribution in [0.25, 0.3) is 11.1 Å². The van der Waals surface area contributed by atoms with Crippen LogP contribution in [-0.2, 0) is 12.4 Å². The van der Waals surface area contributed by atoms with Crippen LogP contribution in [0.15, 0.2) is 42.5 Å². The molecule has 2 aromatic rings. The summed E-state index contributed by atoms with van der Waals surface area (Å²) in [5.74, 6) is 0. The summed E-state index contributed by atoms with van der Waals surface area (Å²) in [6.07, 6.45) is -8.99. The van der Waals surface area contributed by atoms with Crippen LogP contribution in [0.2, 0.25) is 0 Å². The van der Waals surface area contributed by atoms with Crippen molar-refractivity contribution in [2.75, 3.05) is 5.73 Å². The lowest BCUT2D eigenvalue weighted by atomic mass is 10.0. The Morgan fingerprint density at radius 1 is 0.667 bits per heavy atom. The fourth-order valence-electron chi connectivity index (χ4n) is 1.84. The molecule has 2 N–H and O–H groups in total. The topological polar surface area (TPSA) is 26.0 Å². The molecule has 0 spiro atoms. The van der Waals surface area contributed by atoms with Gasteiger partial charge in [-0.3, -0.25) is 0 Å². The van der Waals surface area contributed by atoms with E-state index in [4.69, 9.17) is 5.73 Å². The second-order valence-corrected chi connectivity index (χ2v) is 4.37. The minimum atomic E-state index is -4.52. The van der Waals surface area contributed by atoms with Gasteiger partial charge in [0.15, 0.2) is 0 Å². The molecule has 0 aliphatic rings. The van der Waals surface area contributed by atoms with Crippen LogP contribution in [0.3, 0.4) is 0 Å². The van der Waals surface area contributed by atoms with Crippen LogP contribution in [-0.4, -0.2) is 0 Å². The van der Waals surface area contributed by atoms with E-state index in [1.165, 1.54) is 12.1 Å². The third-order valence-electron chi connectivity index (χ3n) is 2.90. The molecule has 0 unspecified atom stereocenters. The molecule has 0 amide bonds. The summed E-state index contributed by atoms with van der Waals surface area (Å²) in [7, 11) is 0. The van der Waals surface area contributed by atoms with Crippen molar-refractivity contribution in [1.82, 2.24) is 0 Å². The zero-order chi connectivity index (χ0) is 15.8. The zero-order valence-electron chi connectivity index (χ0n) is 10.4. The minimum Gasteiger partial charge on any atom is -0.398 e. The van der Waals surface area contributed by atoms with Crippen molar-refractivity contribution in [2.45, 2.75) is 12.4 Å². The van der Waals surface area contributed by atoms with Gasteiger partial charge in [0.25, 0.3) is 0 Å². The standard InChI is InChI=1S/C14H9F6N/c15-13(16,17)9-3-1-8(2-4-9)11-6-5-10(7-12(11)21)14(18,19)20/h1-7H,21H2. The quantitative estimate of drug-likeness (QED) is 0.584. The fourth-order valence-corrected chi connectivity index (χ4v) is 1.84. The molecule has 2 aromatic carbocycles. The van der Waals surface area contributed by atoms with Gasteiger partial charge in [0.2, 0.25) is 0 Å². The second kappa shape index (κ2) is 4.98. The Bertz CT molecular complexity index is 640. The van der Waals surface area contributed by atoms with Crippen molar-refractivity contribution in [1.29, 1.82) is 0 Å². The summed E-state index contributed by atoms with van der Waals surface area (Å²) in [6, 6.07) is 6.78. The van der Waals surface area contributed by atoms with E-state index in [0.29, 0.717) is 5.56 Å². The Kier molecular flexibility index (Phi) is 3.61. The largest absolute Gasteiger partial charge is 0.416 e. The highest BCUT2D eigenvalue weighted by Gasteiger charge is 2.31.